The molecule has 0 amide bonds. The summed E-state index contributed by atoms with van der Waals surface area (Å²) in [6, 6.07) is 2.69. The molecule has 1 aliphatic rings. The van der Waals surface area contributed by atoms with Crippen molar-refractivity contribution in [2.75, 3.05) is 6.61 Å². The summed E-state index contributed by atoms with van der Waals surface area (Å²) in [4.78, 5) is 0. The van der Waals surface area contributed by atoms with Gasteiger partial charge in [-0.15, -0.1) is 0 Å². The van der Waals surface area contributed by atoms with Crippen molar-refractivity contribution in [2.24, 2.45) is 0 Å². The van der Waals surface area contributed by atoms with Gasteiger partial charge in [-0.2, -0.15) is 12.6 Å². The van der Waals surface area contributed by atoms with Crippen molar-refractivity contribution in [1.29, 1.82) is 0 Å². The van der Waals surface area contributed by atoms with Gasteiger partial charge in [0.15, 0.2) is 9.04 Å². The summed E-state index contributed by atoms with van der Waals surface area (Å²) in [7, 11) is -0.812. The summed E-state index contributed by atoms with van der Waals surface area (Å²) in [5.41, 5.74) is 0. The van der Waals surface area contributed by atoms with E-state index in [1.54, 1.807) is 0 Å². The minimum Gasteiger partial charge on any atom is -0.420 e. The van der Waals surface area contributed by atoms with E-state index in [0.717, 1.165) is 6.61 Å². The van der Waals surface area contributed by atoms with Crippen molar-refractivity contribution in [2.45, 2.75) is 62.8 Å². The summed E-state index contributed by atoms with van der Waals surface area (Å²) in [5.74, 6) is 0. The minimum absolute atomic E-state index is 0.622. The molecule has 84 valence electrons. The SMILES string of the molecule is CCCCCC(S)C[SiH]1CCCCO1. The number of unbranched alkanes of at least 4 members (excludes halogenated alkanes) is 2. The lowest BCUT2D eigenvalue weighted by Crippen LogP contribution is -2.26. The van der Waals surface area contributed by atoms with Crippen LogP contribution in [0.15, 0.2) is 0 Å². The summed E-state index contributed by atoms with van der Waals surface area (Å²) >= 11 is 4.67. The van der Waals surface area contributed by atoms with E-state index >= 15 is 0 Å². The third kappa shape index (κ3) is 5.42. The van der Waals surface area contributed by atoms with Crippen LogP contribution in [0.5, 0.6) is 0 Å². The molecule has 14 heavy (non-hydrogen) atoms. The summed E-state index contributed by atoms with van der Waals surface area (Å²) in [5, 5.41) is 0.622. The van der Waals surface area contributed by atoms with Gasteiger partial charge in [-0.25, -0.2) is 0 Å². The average molecular weight is 232 g/mol. The van der Waals surface area contributed by atoms with Crippen molar-refractivity contribution < 1.29 is 4.43 Å². The number of hydrogen-bond donors (Lipinski definition) is 1. The van der Waals surface area contributed by atoms with Crippen LogP contribution in [0.25, 0.3) is 0 Å². The van der Waals surface area contributed by atoms with Crippen molar-refractivity contribution >= 4 is 21.7 Å². The highest BCUT2D eigenvalue weighted by Crippen LogP contribution is 2.21. The molecular weight excluding hydrogens is 208 g/mol. The van der Waals surface area contributed by atoms with E-state index in [-0.39, 0.29) is 0 Å². The largest absolute Gasteiger partial charge is 0.420 e. The van der Waals surface area contributed by atoms with Crippen LogP contribution in [0.3, 0.4) is 0 Å². The Balaban J connectivity index is 2.03. The first-order chi connectivity index (χ1) is 6.83. The molecule has 0 spiro atoms. The van der Waals surface area contributed by atoms with E-state index in [4.69, 9.17) is 4.43 Å². The maximum Gasteiger partial charge on any atom is 0.178 e. The second-order valence-electron chi connectivity index (χ2n) is 4.37. The molecule has 1 aliphatic heterocycles. The third-order valence-electron chi connectivity index (χ3n) is 2.95. The van der Waals surface area contributed by atoms with Gasteiger partial charge in [-0.1, -0.05) is 32.6 Å². The monoisotopic (exact) mass is 232 g/mol. The van der Waals surface area contributed by atoms with E-state index in [0.29, 0.717) is 5.25 Å². The Morgan fingerprint density at radius 1 is 1.36 bits per heavy atom. The lowest BCUT2D eigenvalue weighted by Gasteiger charge is -2.23. The Morgan fingerprint density at radius 2 is 2.21 bits per heavy atom. The van der Waals surface area contributed by atoms with Crippen LogP contribution in [0, 0.1) is 0 Å². The summed E-state index contributed by atoms with van der Waals surface area (Å²) < 4.78 is 5.84. The fraction of sp³-hybridized carbons (Fsp3) is 1.00. The molecule has 0 saturated carbocycles. The van der Waals surface area contributed by atoms with E-state index in [2.05, 4.69) is 19.6 Å². The van der Waals surface area contributed by atoms with Gasteiger partial charge in [0.1, 0.15) is 0 Å². The van der Waals surface area contributed by atoms with Crippen molar-refractivity contribution in [1.82, 2.24) is 0 Å². The zero-order valence-corrected chi connectivity index (χ0v) is 11.4. The van der Waals surface area contributed by atoms with Crippen LogP contribution in [0.4, 0.5) is 0 Å². The molecule has 0 radical (unpaired) electrons. The van der Waals surface area contributed by atoms with Gasteiger partial charge < -0.3 is 4.43 Å². The Labute approximate surface area is 95.8 Å². The average Bonchev–Trinajstić information content (AvgIpc) is 2.20. The van der Waals surface area contributed by atoms with E-state index in [9.17, 15) is 0 Å². The molecular formula is C11H24OSSi. The third-order valence-corrected chi connectivity index (χ3v) is 6.67. The lowest BCUT2D eigenvalue weighted by atomic mass is 10.2. The fourth-order valence-corrected chi connectivity index (χ4v) is 5.56. The topological polar surface area (TPSA) is 9.23 Å². The molecule has 0 N–H and O–H groups in total. The highest BCUT2D eigenvalue weighted by molar-refractivity contribution is 7.81. The standard InChI is InChI=1S/C11H24OSSi/c1-2-3-4-7-11(13)10-14-9-6-5-8-12-14/h11,13-14H,2-10H2,1H3. The fourth-order valence-electron chi connectivity index (χ4n) is 2.04. The Hall–Kier alpha value is 0.527. The van der Waals surface area contributed by atoms with Crippen LogP contribution in [-0.2, 0) is 4.43 Å². The molecule has 0 aliphatic carbocycles. The highest BCUT2D eigenvalue weighted by atomic mass is 32.1. The van der Waals surface area contributed by atoms with Gasteiger partial charge in [0.25, 0.3) is 0 Å². The molecule has 1 saturated heterocycles. The first kappa shape index (κ1) is 12.6. The van der Waals surface area contributed by atoms with Crippen LogP contribution in [0.2, 0.25) is 12.1 Å². The molecule has 1 rings (SSSR count). The maximum atomic E-state index is 5.84. The zero-order chi connectivity index (χ0) is 10.2. The molecule has 0 aromatic rings. The zero-order valence-electron chi connectivity index (χ0n) is 9.37. The second-order valence-corrected chi connectivity index (χ2v) is 7.73. The highest BCUT2D eigenvalue weighted by Gasteiger charge is 2.19. The van der Waals surface area contributed by atoms with Crippen LogP contribution in [-0.4, -0.2) is 20.9 Å². The summed E-state index contributed by atoms with van der Waals surface area (Å²) in [6.07, 6.45) is 8.03. The Morgan fingerprint density at radius 3 is 2.86 bits per heavy atom. The second kappa shape index (κ2) is 7.77. The molecule has 3 heteroatoms. The predicted molar refractivity (Wildman–Crippen MR) is 68.9 cm³/mol. The van der Waals surface area contributed by atoms with Crippen molar-refractivity contribution in [3.8, 4) is 0 Å². The van der Waals surface area contributed by atoms with Gasteiger partial charge in [-0.3, -0.25) is 0 Å². The van der Waals surface area contributed by atoms with Gasteiger partial charge in [0, 0.05) is 11.9 Å². The Kier molecular flexibility index (Phi) is 6.99. The van der Waals surface area contributed by atoms with Crippen molar-refractivity contribution in [3.63, 3.8) is 0 Å². The van der Waals surface area contributed by atoms with Crippen LogP contribution in [0.1, 0.15) is 45.4 Å². The number of rotatable bonds is 6. The van der Waals surface area contributed by atoms with E-state index in [1.807, 2.05) is 0 Å². The number of thiol groups is 1. The molecule has 1 fully saturated rings. The molecule has 0 bridgehead atoms. The molecule has 0 aromatic carbocycles. The van der Waals surface area contributed by atoms with Crippen molar-refractivity contribution in [3.05, 3.63) is 0 Å². The smallest absolute Gasteiger partial charge is 0.178 e. The quantitative estimate of drug-likeness (QED) is 0.419. The van der Waals surface area contributed by atoms with Crippen LogP contribution < -0.4 is 0 Å². The van der Waals surface area contributed by atoms with E-state index < -0.39 is 9.04 Å². The molecule has 2 atom stereocenters. The minimum atomic E-state index is -0.812. The van der Waals surface area contributed by atoms with Crippen LogP contribution >= 0.6 is 12.6 Å². The Bertz CT molecular complexity index is 137. The van der Waals surface area contributed by atoms with Gasteiger partial charge in [0.05, 0.1) is 0 Å². The lowest BCUT2D eigenvalue weighted by molar-refractivity contribution is 0.286. The molecule has 1 nitrogen and oxygen atoms in total. The van der Waals surface area contributed by atoms with Gasteiger partial charge >= 0.3 is 0 Å². The van der Waals surface area contributed by atoms with E-state index in [1.165, 1.54) is 50.6 Å². The number of hydrogen-bond acceptors (Lipinski definition) is 2. The van der Waals surface area contributed by atoms with Gasteiger partial charge in [0.2, 0.25) is 0 Å². The molecule has 2 unspecified atom stereocenters. The maximum absolute atomic E-state index is 5.84. The first-order valence-electron chi connectivity index (χ1n) is 6.12. The molecule has 1 heterocycles. The molecule has 0 aromatic heterocycles. The normalized spacial score (nSPS) is 24.9. The first-order valence-corrected chi connectivity index (χ1v) is 8.74. The predicted octanol–water partition coefficient (Wildman–Crippen LogP) is 3.40. The van der Waals surface area contributed by atoms with Gasteiger partial charge in [-0.05, 0) is 24.9 Å². The summed E-state index contributed by atoms with van der Waals surface area (Å²) in [6.45, 7) is 3.29.